The summed E-state index contributed by atoms with van der Waals surface area (Å²) in [7, 11) is 1.62. The number of likely N-dealkylation sites (N-methyl/N-ethyl adjacent to an activating group) is 1. The molecule has 132 valence electrons. The number of hydrogen-bond acceptors (Lipinski definition) is 4. The van der Waals surface area contributed by atoms with Gasteiger partial charge in [0.15, 0.2) is 23.1 Å². The maximum Gasteiger partial charge on any atom is 0.289 e. The summed E-state index contributed by atoms with van der Waals surface area (Å²) in [5.74, 6) is 0.244. The Kier molecular flexibility index (Phi) is 4.88. The molecule has 2 aromatic rings. The molecule has 0 bridgehead atoms. The molecule has 6 heteroatoms. The van der Waals surface area contributed by atoms with Crippen molar-refractivity contribution in [2.75, 3.05) is 20.2 Å². The zero-order chi connectivity index (χ0) is 18.0. The lowest BCUT2D eigenvalue weighted by Crippen LogP contribution is -2.31. The Morgan fingerprint density at radius 3 is 2.80 bits per heavy atom. The Morgan fingerprint density at radius 2 is 2.08 bits per heavy atom. The van der Waals surface area contributed by atoms with E-state index in [1.54, 1.807) is 26.1 Å². The number of para-hydroxylation sites is 1. The molecule has 1 heterocycles. The number of amides is 1. The van der Waals surface area contributed by atoms with Crippen LogP contribution in [0.4, 0.5) is 4.39 Å². The molecule has 0 atom stereocenters. The van der Waals surface area contributed by atoms with Crippen LogP contribution in [0.1, 0.15) is 45.1 Å². The number of aryl methyl sites for hydroxylation is 1. The van der Waals surface area contributed by atoms with Gasteiger partial charge in [-0.1, -0.05) is 12.1 Å². The number of ether oxygens (including phenoxy) is 1. The fraction of sp³-hybridized carbons (Fsp3) is 0.368. The molecule has 0 aliphatic heterocycles. The molecule has 1 aliphatic carbocycles. The monoisotopic (exact) mass is 345 g/mol. The predicted molar refractivity (Wildman–Crippen MR) is 89.6 cm³/mol. The van der Waals surface area contributed by atoms with E-state index in [1.807, 2.05) is 0 Å². The lowest BCUT2D eigenvalue weighted by atomic mass is 9.94. The normalized spacial score (nSPS) is 13.5. The van der Waals surface area contributed by atoms with Crippen molar-refractivity contribution in [2.45, 2.75) is 26.2 Å². The van der Waals surface area contributed by atoms with Gasteiger partial charge in [-0.2, -0.15) is 0 Å². The number of carbonyl (C=O) groups excluding carboxylic acids is 2. The summed E-state index contributed by atoms with van der Waals surface area (Å²) in [5, 5.41) is 0. The van der Waals surface area contributed by atoms with Crippen LogP contribution in [-0.2, 0) is 6.42 Å². The zero-order valence-electron chi connectivity index (χ0n) is 14.3. The highest BCUT2D eigenvalue weighted by atomic mass is 19.1. The standard InChI is InChI=1S/C19H20FNO4/c1-12-17-14(22)7-5-9-16(17)25-18(12)19(23)21(2)10-11-24-15-8-4-3-6-13(15)20/h3-4,6,8H,5,7,9-11H2,1-2H3. The van der Waals surface area contributed by atoms with Crippen LogP contribution >= 0.6 is 0 Å². The number of nitrogens with zero attached hydrogens (tertiary/aromatic N) is 1. The molecule has 3 rings (SSSR count). The number of benzene rings is 1. The van der Waals surface area contributed by atoms with Gasteiger partial charge < -0.3 is 14.1 Å². The van der Waals surface area contributed by atoms with Crippen molar-refractivity contribution in [3.05, 3.63) is 52.7 Å². The third-order valence-corrected chi connectivity index (χ3v) is 4.37. The SMILES string of the molecule is Cc1c(C(=O)N(C)CCOc2ccccc2F)oc2c1C(=O)CCC2. The molecule has 5 nitrogen and oxygen atoms in total. The molecule has 1 aliphatic rings. The second-order valence-corrected chi connectivity index (χ2v) is 6.14. The molecular formula is C19H20FNO4. The van der Waals surface area contributed by atoms with E-state index < -0.39 is 5.82 Å². The Bertz CT molecular complexity index is 812. The van der Waals surface area contributed by atoms with Crippen LogP contribution in [0.2, 0.25) is 0 Å². The van der Waals surface area contributed by atoms with Gasteiger partial charge in [-0.15, -0.1) is 0 Å². The summed E-state index contributed by atoms with van der Waals surface area (Å²) in [5.41, 5.74) is 1.16. The van der Waals surface area contributed by atoms with Crippen molar-refractivity contribution < 1.29 is 23.1 Å². The average Bonchev–Trinajstić information content (AvgIpc) is 2.94. The van der Waals surface area contributed by atoms with Gasteiger partial charge in [-0.05, 0) is 25.5 Å². The van der Waals surface area contributed by atoms with Gasteiger partial charge in [0.25, 0.3) is 5.91 Å². The third-order valence-electron chi connectivity index (χ3n) is 4.37. The van der Waals surface area contributed by atoms with E-state index in [2.05, 4.69) is 0 Å². The minimum Gasteiger partial charge on any atom is -0.489 e. The van der Waals surface area contributed by atoms with Crippen molar-refractivity contribution in [3.63, 3.8) is 0 Å². The second kappa shape index (κ2) is 7.09. The average molecular weight is 345 g/mol. The minimum absolute atomic E-state index is 0.0343. The van der Waals surface area contributed by atoms with Gasteiger partial charge in [-0.25, -0.2) is 4.39 Å². The Morgan fingerprint density at radius 1 is 1.32 bits per heavy atom. The molecule has 0 saturated carbocycles. The fourth-order valence-electron chi connectivity index (χ4n) is 2.98. The molecule has 25 heavy (non-hydrogen) atoms. The highest BCUT2D eigenvalue weighted by Gasteiger charge is 2.29. The lowest BCUT2D eigenvalue weighted by Gasteiger charge is -2.16. The minimum atomic E-state index is -0.440. The van der Waals surface area contributed by atoms with E-state index in [0.29, 0.717) is 29.7 Å². The summed E-state index contributed by atoms with van der Waals surface area (Å²) >= 11 is 0. The second-order valence-electron chi connectivity index (χ2n) is 6.14. The van der Waals surface area contributed by atoms with Crippen LogP contribution in [-0.4, -0.2) is 36.8 Å². The Hall–Kier alpha value is -2.63. The van der Waals surface area contributed by atoms with Crippen molar-refractivity contribution in [2.24, 2.45) is 0 Å². The molecule has 1 aromatic carbocycles. The van der Waals surface area contributed by atoms with E-state index in [-0.39, 0.29) is 36.4 Å². The van der Waals surface area contributed by atoms with E-state index in [1.165, 1.54) is 17.0 Å². The first kappa shape index (κ1) is 17.2. The topological polar surface area (TPSA) is 59.8 Å². The zero-order valence-corrected chi connectivity index (χ0v) is 14.3. The van der Waals surface area contributed by atoms with Crippen LogP contribution < -0.4 is 4.74 Å². The van der Waals surface area contributed by atoms with Crippen molar-refractivity contribution >= 4 is 11.7 Å². The maximum absolute atomic E-state index is 13.5. The van der Waals surface area contributed by atoms with Gasteiger partial charge in [0.1, 0.15) is 12.4 Å². The summed E-state index contributed by atoms with van der Waals surface area (Å²) in [6.07, 6.45) is 1.92. The number of carbonyl (C=O) groups is 2. The molecular weight excluding hydrogens is 325 g/mol. The van der Waals surface area contributed by atoms with Gasteiger partial charge >= 0.3 is 0 Å². The summed E-state index contributed by atoms with van der Waals surface area (Å²) in [6.45, 7) is 2.16. The van der Waals surface area contributed by atoms with Gasteiger partial charge in [0.05, 0.1) is 12.1 Å². The quantitative estimate of drug-likeness (QED) is 0.833. The molecule has 1 amide bonds. The molecule has 0 fully saturated rings. The van der Waals surface area contributed by atoms with Crippen LogP contribution in [0.25, 0.3) is 0 Å². The summed E-state index contributed by atoms with van der Waals surface area (Å²) in [4.78, 5) is 26.1. The number of ketones is 1. The van der Waals surface area contributed by atoms with Gasteiger partial charge in [-0.3, -0.25) is 9.59 Å². The van der Waals surface area contributed by atoms with Crippen LogP contribution in [0.15, 0.2) is 28.7 Å². The third kappa shape index (κ3) is 3.43. The van der Waals surface area contributed by atoms with Crippen LogP contribution in [0, 0.1) is 12.7 Å². The molecule has 0 spiro atoms. The predicted octanol–water partition coefficient (Wildman–Crippen LogP) is 3.40. The van der Waals surface area contributed by atoms with E-state index >= 15 is 0 Å². The maximum atomic E-state index is 13.5. The lowest BCUT2D eigenvalue weighted by molar-refractivity contribution is 0.0738. The first-order chi connectivity index (χ1) is 12.0. The van der Waals surface area contributed by atoms with E-state index in [4.69, 9.17) is 9.15 Å². The molecule has 0 radical (unpaired) electrons. The summed E-state index contributed by atoms with van der Waals surface area (Å²) < 4.78 is 24.5. The molecule has 1 aromatic heterocycles. The van der Waals surface area contributed by atoms with Gasteiger partial charge in [0.2, 0.25) is 0 Å². The number of Topliss-reactive ketones (excluding diaryl/α,β-unsaturated/α-hetero) is 1. The van der Waals surface area contributed by atoms with Crippen molar-refractivity contribution in [3.8, 4) is 5.75 Å². The smallest absolute Gasteiger partial charge is 0.289 e. The fourth-order valence-corrected chi connectivity index (χ4v) is 2.98. The van der Waals surface area contributed by atoms with Crippen molar-refractivity contribution in [1.29, 1.82) is 0 Å². The number of furan rings is 1. The van der Waals surface area contributed by atoms with Crippen molar-refractivity contribution in [1.82, 2.24) is 4.90 Å². The number of rotatable bonds is 5. The first-order valence-corrected chi connectivity index (χ1v) is 8.27. The number of hydrogen-bond donors (Lipinski definition) is 0. The highest BCUT2D eigenvalue weighted by molar-refractivity contribution is 6.03. The van der Waals surface area contributed by atoms with Crippen LogP contribution in [0.5, 0.6) is 5.75 Å². The Balaban J connectivity index is 1.65. The van der Waals surface area contributed by atoms with Gasteiger partial charge in [0, 0.05) is 25.5 Å². The first-order valence-electron chi connectivity index (χ1n) is 8.27. The molecule has 0 unspecified atom stereocenters. The van der Waals surface area contributed by atoms with E-state index in [0.717, 1.165) is 6.42 Å². The highest BCUT2D eigenvalue weighted by Crippen LogP contribution is 2.29. The molecule has 0 saturated heterocycles. The number of fused-ring (bicyclic) bond motifs is 1. The van der Waals surface area contributed by atoms with E-state index in [9.17, 15) is 14.0 Å². The number of halogens is 1. The largest absolute Gasteiger partial charge is 0.489 e. The molecule has 0 N–H and O–H groups in total. The van der Waals surface area contributed by atoms with Crippen LogP contribution in [0.3, 0.4) is 0 Å². The summed E-state index contributed by atoms with van der Waals surface area (Å²) in [6, 6.07) is 6.12. The Labute approximate surface area is 145 Å².